The van der Waals surface area contributed by atoms with E-state index in [9.17, 15) is 14.0 Å². The number of carbonyl (C=O) groups excluding carboxylic acids is 2. The predicted molar refractivity (Wildman–Crippen MR) is 81.7 cm³/mol. The highest BCUT2D eigenvalue weighted by Crippen LogP contribution is 2.32. The number of benzene rings is 1. The van der Waals surface area contributed by atoms with Gasteiger partial charge in [0.2, 0.25) is 5.91 Å². The minimum Gasteiger partial charge on any atom is -0.337 e. The number of carbonyl (C=O) groups is 2. The molecule has 6 heteroatoms. The Bertz CT molecular complexity index is 559. The van der Waals surface area contributed by atoms with Crippen LogP contribution in [0, 0.1) is 5.82 Å². The molecule has 1 heterocycles. The molecule has 1 fully saturated rings. The average molecular weight is 307 g/mol. The molecule has 120 valence electrons. The maximum Gasteiger partial charge on any atom is 0.317 e. The molecule has 22 heavy (non-hydrogen) atoms. The van der Waals surface area contributed by atoms with Gasteiger partial charge in [0.15, 0.2) is 0 Å². The number of hydrogen-bond acceptors (Lipinski definition) is 2. The Morgan fingerprint density at radius 2 is 1.95 bits per heavy atom. The fourth-order valence-corrected chi connectivity index (χ4v) is 2.61. The van der Waals surface area contributed by atoms with Crippen molar-refractivity contribution in [3.63, 3.8) is 0 Å². The summed E-state index contributed by atoms with van der Waals surface area (Å²) < 4.78 is 13.1. The first-order valence-electron chi connectivity index (χ1n) is 7.35. The molecule has 1 aliphatic rings. The molecule has 2 rings (SSSR count). The summed E-state index contributed by atoms with van der Waals surface area (Å²) in [5.41, 5.74) is 0.812. The van der Waals surface area contributed by atoms with Gasteiger partial charge in [-0.25, -0.2) is 9.18 Å². The maximum absolute atomic E-state index is 13.1. The molecule has 0 aromatic heterocycles. The molecule has 0 unspecified atom stereocenters. The molecule has 3 amide bonds. The fourth-order valence-electron chi connectivity index (χ4n) is 2.61. The van der Waals surface area contributed by atoms with E-state index in [1.807, 2.05) is 13.8 Å². The third kappa shape index (κ3) is 3.21. The average Bonchev–Trinajstić information content (AvgIpc) is 2.74. The van der Waals surface area contributed by atoms with E-state index in [0.29, 0.717) is 0 Å². The van der Waals surface area contributed by atoms with Crippen LogP contribution in [0.5, 0.6) is 0 Å². The summed E-state index contributed by atoms with van der Waals surface area (Å²) >= 11 is 0. The van der Waals surface area contributed by atoms with Gasteiger partial charge in [0.05, 0.1) is 12.1 Å². The Labute approximate surface area is 130 Å². The summed E-state index contributed by atoms with van der Waals surface area (Å²) in [6.45, 7) is 3.84. The van der Waals surface area contributed by atoms with Crippen molar-refractivity contribution < 1.29 is 14.0 Å². The second-order valence-electron chi connectivity index (χ2n) is 5.97. The van der Waals surface area contributed by atoms with Crippen LogP contribution in [0.25, 0.3) is 0 Å². The number of nitrogens with one attached hydrogen (secondary N) is 1. The molecule has 1 aromatic rings. The van der Waals surface area contributed by atoms with E-state index in [1.165, 1.54) is 12.1 Å². The number of likely N-dealkylation sites (N-methyl/N-ethyl adjacent to an activating group) is 1. The van der Waals surface area contributed by atoms with Crippen LogP contribution in [-0.4, -0.2) is 47.9 Å². The third-order valence-corrected chi connectivity index (χ3v) is 4.20. The topological polar surface area (TPSA) is 52.7 Å². The summed E-state index contributed by atoms with van der Waals surface area (Å²) in [5, 5.41) is 2.91. The number of rotatable bonds is 3. The SMILES string of the molecule is CC(C)N(C)C(=O)N[C@H]1CC(=O)N(C)[C@H]1c1ccc(F)cc1. The van der Waals surface area contributed by atoms with Gasteiger partial charge < -0.3 is 15.1 Å². The molecular formula is C16H22FN3O2. The molecule has 1 N–H and O–H groups in total. The second-order valence-corrected chi connectivity index (χ2v) is 5.97. The van der Waals surface area contributed by atoms with Crippen molar-refractivity contribution in [2.24, 2.45) is 0 Å². The Hall–Kier alpha value is -2.11. The van der Waals surface area contributed by atoms with Crippen LogP contribution >= 0.6 is 0 Å². The van der Waals surface area contributed by atoms with Gasteiger partial charge in [0.25, 0.3) is 0 Å². The van der Waals surface area contributed by atoms with E-state index in [2.05, 4.69) is 5.32 Å². The van der Waals surface area contributed by atoms with E-state index in [-0.39, 0.29) is 42.3 Å². The molecule has 0 saturated carbocycles. The molecule has 0 aliphatic carbocycles. The van der Waals surface area contributed by atoms with Crippen LogP contribution in [0.1, 0.15) is 31.9 Å². The summed E-state index contributed by atoms with van der Waals surface area (Å²) in [5.74, 6) is -0.359. The summed E-state index contributed by atoms with van der Waals surface area (Å²) in [7, 11) is 3.42. The fraction of sp³-hybridized carbons (Fsp3) is 0.500. The van der Waals surface area contributed by atoms with Crippen molar-refractivity contribution in [2.45, 2.75) is 38.4 Å². The molecule has 5 nitrogen and oxygen atoms in total. The van der Waals surface area contributed by atoms with Crippen molar-refractivity contribution in [1.29, 1.82) is 0 Å². The van der Waals surface area contributed by atoms with Crippen LogP contribution in [0.2, 0.25) is 0 Å². The van der Waals surface area contributed by atoms with Gasteiger partial charge in [0, 0.05) is 26.6 Å². The number of nitrogens with zero attached hydrogens (tertiary/aromatic N) is 2. The molecule has 1 aliphatic heterocycles. The number of urea groups is 1. The molecule has 1 aromatic carbocycles. The summed E-state index contributed by atoms with van der Waals surface area (Å²) in [6, 6.07) is 5.29. The number of likely N-dealkylation sites (tertiary alicyclic amines) is 1. The van der Waals surface area contributed by atoms with Gasteiger partial charge in [-0.1, -0.05) is 12.1 Å². The zero-order valence-electron chi connectivity index (χ0n) is 13.3. The van der Waals surface area contributed by atoms with E-state index in [0.717, 1.165) is 5.56 Å². The van der Waals surface area contributed by atoms with Crippen LogP contribution in [0.4, 0.5) is 9.18 Å². The summed E-state index contributed by atoms with van der Waals surface area (Å²) in [6.07, 6.45) is 0.246. The second kappa shape index (κ2) is 6.34. The van der Waals surface area contributed by atoms with Gasteiger partial charge in [-0.15, -0.1) is 0 Å². The number of halogens is 1. The van der Waals surface area contributed by atoms with Crippen molar-refractivity contribution in [3.05, 3.63) is 35.6 Å². The zero-order chi connectivity index (χ0) is 16.4. The van der Waals surface area contributed by atoms with E-state index < -0.39 is 0 Å². The van der Waals surface area contributed by atoms with Gasteiger partial charge in [-0.2, -0.15) is 0 Å². The highest BCUT2D eigenvalue weighted by atomic mass is 19.1. The third-order valence-electron chi connectivity index (χ3n) is 4.20. The monoisotopic (exact) mass is 307 g/mol. The quantitative estimate of drug-likeness (QED) is 0.930. The molecule has 0 bridgehead atoms. The first kappa shape index (κ1) is 16.3. The molecular weight excluding hydrogens is 285 g/mol. The Balaban J connectivity index is 2.20. The van der Waals surface area contributed by atoms with Crippen LogP contribution < -0.4 is 5.32 Å². The minimum atomic E-state index is -0.323. The Morgan fingerprint density at radius 1 is 1.36 bits per heavy atom. The first-order chi connectivity index (χ1) is 10.3. The number of hydrogen-bond donors (Lipinski definition) is 1. The lowest BCUT2D eigenvalue weighted by molar-refractivity contribution is -0.127. The summed E-state index contributed by atoms with van der Waals surface area (Å²) in [4.78, 5) is 27.4. The zero-order valence-corrected chi connectivity index (χ0v) is 13.3. The largest absolute Gasteiger partial charge is 0.337 e. The lowest BCUT2D eigenvalue weighted by atomic mass is 10.0. The molecule has 0 radical (unpaired) electrons. The highest BCUT2D eigenvalue weighted by Gasteiger charge is 2.39. The molecule has 0 spiro atoms. The van der Waals surface area contributed by atoms with Gasteiger partial charge >= 0.3 is 6.03 Å². The van der Waals surface area contributed by atoms with E-state index in [1.54, 1.807) is 36.0 Å². The Kier molecular flexibility index (Phi) is 4.68. The minimum absolute atomic E-state index is 0.0353. The van der Waals surface area contributed by atoms with E-state index in [4.69, 9.17) is 0 Å². The van der Waals surface area contributed by atoms with Crippen molar-refractivity contribution >= 4 is 11.9 Å². The molecule has 2 atom stereocenters. The van der Waals surface area contributed by atoms with Gasteiger partial charge in [-0.3, -0.25) is 4.79 Å². The first-order valence-corrected chi connectivity index (χ1v) is 7.35. The predicted octanol–water partition coefficient (Wildman–Crippen LogP) is 2.15. The van der Waals surface area contributed by atoms with E-state index >= 15 is 0 Å². The Morgan fingerprint density at radius 3 is 2.50 bits per heavy atom. The smallest absolute Gasteiger partial charge is 0.317 e. The van der Waals surface area contributed by atoms with Gasteiger partial charge in [0.1, 0.15) is 5.82 Å². The van der Waals surface area contributed by atoms with Crippen LogP contribution in [0.15, 0.2) is 24.3 Å². The van der Waals surface area contributed by atoms with Crippen LogP contribution in [-0.2, 0) is 4.79 Å². The van der Waals surface area contributed by atoms with Gasteiger partial charge in [-0.05, 0) is 31.5 Å². The normalized spacial score (nSPS) is 21.4. The van der Waals surface area contributed by atoms with Crippen molar-refractivity contribution in [3.8, 4) is 0 Å². The van der Waals surface area contributed by atoms with Crippen molar-refractivity contribution in [2.75, 3.05) is 14.1 Å². The van der Waals surface area contributed by atoms with Crippen molar-refractivity contribution in [1.82, 2.24) is 15.1 Å². The maximum atomic E-state index is 13.1. The highest BCUT2D eigenvalue weighted by molar-refractivity contribution is 5.82. The lowest BCUT2D eigenvalue weighted by Gasteiger charge is -2.29. The lowest BCUT2D eigenvalue weighted by Crippen LogP contribution is -2.47. The number of amides is 3. The van der Waals surface area contributed by atoms with Crippen LogP contribution in [0.3, 0.4) is 0 Å². The molecule has 1 saturated heterocycles. The standard InChI is InChI=1S/C16H22FN3O2/c1-10(2)19(3)16(22)18-13-9-14(21)20(4)15(13)11-5-7-12(17)8-6-11/h5-8,10,13,15H,9H2,1-4H3,(H,18,22)/t13-,15-/m0/s1.